The van der Waals surface area contributed by atoms with Crippen LogP contribution in [0.3, 0.4) is 0 Å². The third-order valence-electron chi connectivity index (χ3n) is 3.15. The molecule has 1 fully saturated rings. The molecule has 0 aromatic heterocycles. The molecule has 1 aliphatic rings. The number of thioether (sulfide) groups is 1. The fourth-order valence-corrected chi connectivity index (χ4v) is 2.64. The highest BCUT2D eigenvalue weighted by atomic mass is 32.2. The van der Waals surface area contributed by atoms with E-state index in [1.54, 1.807) is 29.2 Å². The molecule has 0 aliphatic carbocycles. The molecule has 0 unspecified atom stereocenters. The van der Waals surface area contributed by atoms with Crippen molar-refractivity contribution in [1.29, 1.82) is 0 Å². The number of carboxylic acids is 1. The Balaban J connectivity index is 1.92. The first-order chi connectivity index (χ1) is 11.1. The lowest BCUT2D eigenvalue weighted by Gasteiger charge is -2.27. The smallest absolute Gasteiger partial charge is 0.313 e. The Hall–Kier alpha value is -2.06. The SMILES string of the molecule is O=C(O)CSCC(=O)Nc1cccc(C(=O)N2CCOCC2)c1. The maximum Gasteiger partial charge on any atom is 0.313 e. The van der Waals surface area contributed by atoms with Crippen molar-refractivity contribution in [2.45, 2.75) is 0 Å². The Kier molecular flexibility index (Phi) is 6.42. The molecule has 23 heavy (non-hydrogen) atoms. The van der Waals surface area contributed by atoms with Crippen LogP contribution < -0.4 is 5.32 Å². The number of hydrogen-bond acceptors (Lipinski definition) is 5. The largest absolute Gasteiger partial charge is 0.481 e. The van der Waals surface area contributed by atoms with E-state index in [4.69, 9.17) is 9.84 Å². The molecule has 0 bridgehead atoms. The summed E-state index contributed by atoms with van der Waals surface area (Å²) in [5.41, 5.74) is 1.02. The van der Waals surface area contributed by atoms with Crippen LogP contribution in [0.1, 0.15) is 10.4 Å². The fourth-order valence-electron chi connectivity index (χ4n) is 2.11. The van der Waals surface area contributed by atoms with Crippen LogP contribution in [0.4, 0.5) is 5.69 Å². The number of nitrogens with one attached hydrogen (secondary N) is 1. The van der Waals surface area contributed by atoms with E-state index in [0.717, 1.165) is 11.8 Å². The predicted octanol–water partition coefficient (Wildman–Crippen LogP) is 0.915. The quantitative estimate of drug-likeness (QED) is 0.801. The summed E-state index contributed by atoms with van der Waals surface area (Å²) in [6.45, 7) is 2.18. The van der Waals surface area contributed by atoms with E-state index in [1.807, 2.05) is 0 Å². The molecule has 2 N–H and O–H groups in total. The van der Waals surface area contributed by atoms with Crippen LogP contribution in [0, 0.1) is 0 Å². The molecule has 2 amide bonds. The summed E-state index contributed by atoms with van der Waals surface area (Å²) in [5, 5.41) is 11.2. The number of carboxylic acid groups (broad SMARTS) is 1. The minimum atomic E-state index is -0.957. The van der Waals surface area contributed by atoms with Crippen molar-refractivity contribution in [3.63, 3.8) is 0 Å². The van der Waals surface area contributed by atoms with Crippen molar-refractivity contribution in [2.24, 2.45) is 0 Å². The van der Waals surface area contributed by atoms with Gasteiger partial charge in [0.2, 0.25) is 5.91 Å². The highest BCUT2D eigenvalue weighted by molar-refractivity contribution is 8.00. The minimum Gasteiger partial charge on any atom is -0.481 e. The minimum absolute atomic E-state index is 0.0495. The zero-order valence-electron chi connectivity index (χ0n) is 12.5. The molecule has 1 aliphatic heterocycles. The van der Waals surface area contributed by atoms with Gasteiger partial charge in [0.1, 0.15) is 0 Å². The Morgan fingerprint density at radius 2 is 1.96 bits per heavy atom. The van der Waals surface area contributed by atoms with Crippen molar-refractivity contribution in [3.8, 4) is 0 Å². The number of morpholine rings is 1. The van der Waals surface area contributed by atoms with Gasteiger partial charge in [0.05, 0.1) is 24.7 Å². The number of carbonyl (C=O) groups excluding carboxylic acids is 2. The van der Waals surface area contributed by atoms with E-state index >= 15 is 0 Å². The van der Waals surface area contributed by atoms with Gasteiger partial charge < -0.3 is 20.1 Å². The molecule has 0 spiro atoms. The van der Waals surface area contributed by atoms with Gasteiger partial charge in [0.15, 0.2) is 0 Å². The molecule has 124 valence electrons. The summed E-state index contributed by atoms with van der Waals surface area (Å²) in [4.78, 5) is 36.2. The summed E-state index contributed by atoms with van der Waals surface area (Å²) >= 11 is 1.02. The van der Waals surface area contributed by atoms with Crippen LogP contribution in [-0.2, 0) is 14.3 Å². The highest BCUT2D eigenvalue weighted by Crippen LogP contribution is 2.14. The van der Waals surface area contributed by atoms with Gasteiger partial charge in [-0.05, 0) is 18.2 Å². The first-order valence-electron chi connectivity index (χ1n) is 7.13. The molecule has 0 atom stereocenters. The second kappa shape index (κ2) is 8.54. The molecule has 1 aromatic rings. The van der Waals surface area contributed by atoms with Gasteiger partial charge in [0, 0.05) is 24.3 Å². The predicted molar refractivity (Wildman–Crippen MR) is 86.8 cm³/mol. The van der Waals surface area contributed by atoms with Crippen molar-refractivity contribution in [2.75, 3.05) is 43.1 Å². The Bertz CT molecular complexity index is 587. The van der Waals surface area contributed by atoms with Gasteiger partial charge in [0.25, 0.3) is 5.91 Å². The number of nitrogens with zero attached hydrogens (tertiary/aromatic N) is 1. The normalized spacial score (nSPS) is 14.3. The monoisotopic (exact) mass is 338 g/mol. The number of benzene rings is 1. The van der Waals surface area contributed by atoms with Crippen molar-refractivity contribution in [1.82, 2.24) is 4.90 Å². The average molecular weight is 338 g/mol. The van der Waals surface area contributed by atoms with Crippen LogP contribution in [-0.4, -0.2) is 65.6 Å². The number of ether oxygens (including phenoxy) is 1. The number of carbonyl (C=O) groups is 3. The number of hydrogen-bond donors (Lipinski definition) is 2. The topological polar surface area (TPSA) is 95.9 Å². The van der Waals surface area contributed by atoms with Gasteiger partial charge in [-0.1, -0.05) is 6.07 Å². The fraction of sp³-hybridized carbons (Fsp3) is 0.400. The Morgan fingerprint density at radius 3 is 2.65 bits per heavy atom. The van der Waals surface area contributed by atoms with Gasteiger partial charge in [-0.15, -0.1) is 11.8 Å². The summed E-state index contributed by atoms with van der Waals surface area (Å²) in [6.07, 6.45) is 0. The van der Waals surface area contributed by atoms with E-state index in [1.165, 1.54) is 0 Å². The van der Waals surface area contributed by atoms with Crippen molar-refractivity contribution in [3.05, 3.63) is 29.8 Å². The van der Waals surface area contributed by atoms with E-state index < -0.39 is 5.97 Å². The van der Waals surface area contributed by atoms with Crippen LogP contribution in [0.5, 0.6) is 0 Å². The first-order valence-corrected chi connectivity index (χ1v) is 8.28. The summed E-state index contributed by atoms with van der Waals surface area (Å²) in [5.74, 6) is -1.42. The number of amides is 2. The maximum absolute atomic E-state index is 12.4. The molecule has 0 radical (unpaired) electrons. The summed E-state index contributed by atoms with van der Waals surface area (Å²) in [6, 6.07) is 6.72. The molecule has 8 heteroatoms. The van der Waals surface area contributed by atoms with Crippen LogP contribution >= 0.6 is 11.8 Å². The van der Waals surface area contributed by atoms with Crippen molar-refractivity contribution >= 4 is 35.2 Å². The van der Waals surface area contributed by atoms with Gasteiger partial charge in [-0.2, -0.15) is 0 Å². The molecule has 1 aromatic carbocycles. The lowest BCUT2D eigenvalue weighted by molar-refractivity contribution is -0.133. The van der Waals surface area contributed by atoms with Gasteiger partial charge in [-0.25, -0.2) is 0 Å². The third kappa shape index (κ3) is 5.57. The van der Waals surface area contributed by atoms with E-state index in [9.17, 15) is 14.4 Å². The zero-order valence-corrected chi connectivity index (χ0v) is 13.3. The second-order valence-corrected chi connectivity index (χ2v) is 5.91. The van der Waals surface area contributed by atoms with Crippen LogP contribution in [0.15, 0.2) is 24.3 Å². The third-order valence-corrected chi connectivity index (χ3v) is 4.07. The number of anilines is 1. The molecule has 7 nitrogen and oxygen atoms in total. The Morgan fingerprint density at radius 1 is 1.22 bits per heavy atom. The molecule has 1 saturated heterocycles. The molecular formula is C15H18N2O5S. The molecule has 0 saturated carbocycles. The summed E-state index contributed by atoms with van der Waals surface area (Å²) < 4.78 is 5.22. The molecule has 1 heterocycles. The lowest BCUT2D eigenvalue weighted by Crippen LogP contribution is -2.40. The van der Waals surface area contributed by atoms with Gasteiger partial charge in [-0.3, -0.25) is 14.4 Å². The standard InChI is InChI=1S/C15H18N2O5S/c18-13(9-23-10-14(19)20)16-12-3-1-2-11(8-12)15(21)17-4-6-22-7-5-17/h1-3,8H,4-7,9-10H2,(H,16,18)(H,19,20). The Labute approximate surface area is 138 Å². The zero-order chi connectivity index (χ0) is 16.7. The van der Waals surface area contributed by atoms with E-state index in [-0.39, 0.29) is 23.3 Å². The maximum atomic E-state index is 12.4. The van der Waals surface area contributed by atoms with Crippen LogP contribution in [0.25, 0.3) is 0 Å². The molecular weight excluding hydrogens is 320 g/mol. The first kappa shape index (κ1) is 17.3. The highest BCUT2D eigenvalue weighted by Gasteiger charge is 2.18. The van der Waals surface area contributed by atoms with Gasteiger partial charge >= 0.3 is 5.97 Å². The average Bonchev–Trinajstić information content (AvgIpc) is 2.55. The lowest BCUT2D eigenvalue weighted by atomic mass is 10.1. The molecule has 2 rings (SSSR count). The van der Waals surface area contributed by atoms with E-state index in [0.29, 0.717) is 37.6 Å². The van der Waals surface area contributed by atoms with Crippen molar-refractivity contribution < 1.29 is 24.2 Å². The summed E-state index contributed by atoms with van der Waals surface area (Å²) in [7, 11) is 0. The second-order valence-electron chi connectivity index (χ2n) is 4.92. The number of rotatable bonds is 6. The van der Waals surface area contributed by atoms with Crippen LogP contribution in [0.2, 0.25) is 0 Å². The van der Waals surface area contributed by atoms with E-state index in [2.05, 4.69) is 5.32 Å². The number of aliphatic carboxylic acids is 1.